The average molecular weight is 246 g/mol. The van der Waals surface area contributed by atoms with Crippen LogP contribution in [-0.2, 0) is 16.0 Å². The molecule has 0 aromatic heterocycles. The van der Waals surface area contributed by atoms with Crippen LogP contribution in [0.2, 0.25) is 0 Å². The predicted molar refractivity (Wildman–Crippen MR) is 70.2 cm³/mol. The number of nitrogens with one attached hydrogen (secondary N) is 2. The number of hydrogen-bond acceptors (Lipinski definition) is 2. The normalized spacial score (nSPS) is 14.1. The van der Waals surface area contributed by atoms with Gasteiger partial charge in [0.15, 0.2) is 0 Å². The van der Waals surface area contributed by atoms with Crippen molar-refractivity contribution in [1.82, 2.24) is 5.32 Å². The Kier molecular flexibility index (Phi) is 3.97. The Morgan fingerprint density at radius 3 is 2.67 bits per heavy atom. The summed E-state index contributed by atoms with van der Waals surface area (Å²) in [5.41, 5.74) is 1.92. The molecule has 0 bridgehead atoms. The summed E-state index contributed by atoms with van der Waals surface area (Å²) in [4.78, 5) is 23.1. The number of carbonyl (C=O) groups is 2. The number of para-hydroxylation sites is 1. The molecule has 0 radical (unpaired) electrons. The van der Waals surface area contributed by atoms with Gasteiger partial charge in [0.05, 0.1) is 6.54 Å². The largest absolute Gasteiger partial charge is 0.347 e. The van der Waals surface area contributed by atoms with Gasteiger partial charge in [0.2, 0.25) is 11.8 Å². The first-order chi connectivity index (χ1) is 8.70. The lowest BCUT2D eigenvalue weighted by molar-refractivity contribution is -0.125. The van der Waals surface area contributed by atoms with Crippen molar-refractivity contribution in [2.45, 2.75) is 26.2 Å². The molecule has 0 aliphatic heterocycles. The van der Waals surface area contributed by atoms with E-state index in [2.05, 4.69) is 10.6 Å². The smallest absolute Gasteiger partial charge is 0.243 e. The summed E-state index contributed by atoms with van der Waals surface area (Å²) in [6, 6.07) is 7.69. The number of rotatable bonds is 5. The SMILES string of the molecule is CCc1ccccc1NC(=O)CNC(=O)C1CC1. The second-order valence-electron chi connectivity index (χ2n) is 4.55. The molecule has 2 amide bonds. The Bertz CT molecular complexity index is 453. The highest BCUT2D eigenvalue weighted by molar-refractivity contribution is 5.95. The summed E-state index contributed by atoms with van der Waals surface area (Å²) in [6.45, 7) is 2.09. The molecule has 0 atom stereocenters. The van der Waals surface area contributed by atoms with Crippen LogP contribution in [0, 0.1) is 5.92 Å². The van der Waals surface area contributed by atoms with Crippen LogP contribution in [0.4, 0.5) is 5.69 Å². The molecule has 0 saturated heterocycles. The topological polar surface area (TPSA) is 58.2 Å². The van der Waals surface area contributed by atoms with Crippen molar-refractivity contribution in [1.29, 1.82) is 0 Å². The lowest BCUT2D eigenvalue weighted by Crippen LogP contribution is -2.33. The molecule has 96 valence electrons. The second kappa shape index (κ2) is 5.67. The monoisotopic (exact) mass is 246 g/mol. The molecule has 1 aromatic carbocycles. The van der Waals surface area contributed by atoms with E-state index in [9.17, 15) is 9.59 Å². The number of anilines is 1. The molecular weight excluding hydrogens is 228 g/mol. The van der Waals surface area contributed by atoms with Gasteiger partial charge in [-0.05, 0) is 30.9 Å². The van der Waals surface area contributed by atoms with Crippen molar-refractivity contribution in [3.63, 3.8) is 0 Å². The fourth-order valence-electron chi connectivity index (χ4n) is 1.80. The number of carbonyl (C=O) groups excluding carboxylic acids is 2. The van der Waals surface area contributed by atoms with E-state index >= 15 is 0 Å². The van der Waals surface area contributed by atoms with E-state index < -0.39 is 0 Å². The molecule has 4 heteroatoms. The summed E-state index contributed by atoms with van der Waals surface area (Å²) < 4.78 is 0. The Morgan fingerprint density at radius 1 is 1.28 bits per heavy atom. The van der Waals surface area contributed by atoms with Crippen LogP contribution in [-0.4, -0.2) is 18.4 Å². The Hall–Kier alpha value is -1.84. The van der Waals surface area contributed by atoms with Crippen molar-refractivity contribution in [3.05, 3.63) is 29.8 Å². The molecule has 0 spiro atoms. The van der Waals surface area contributed by atoms with E-state index in [4.69, 9.17) is 0 Å². The van der Waals surface area contributed by atoms with Crippen LogP contribution in [0.5, 0.6) is 0 Å². The van der Waals surface area contributed by atoms with Gasteiger partial charge >= 0.3 is 0 Å². The lowest BCUT2D eigenvalue weighted by atomic mass is 10.1. The Morgan fingerprint density at radius 2 is 2.00 bits per heavy atom. The molecule has 4 nitrogen and oxygen atoms in total. The van der Waals surface area contributed by atoms with Gasteiger partial charge in [0, 0.05) is 11.6 Å². The zero-order chi connectivity index (χ0) is 13.0. The third kappa shape index (κ3) is 3.32. The quantitative estimate of drug-likeness (QED) is 0.831. The summed E-state index contributed by atoms with van der Waals surface area (Å²) >= 11 is 0. The number of amides is 2. The van der Waals surface area contributed by atoms with Crippen LogP contribution < -0.4 is 10.6 Å². The molecule has 18 heavy (non-hydrogen) atoms. The maximum Gasteiger partial charge on any atom is 0.243 e. The van der Waals surface area contributed by atoms with E-state index in [1.807, 2.05) is 31.2 Å². The van der Waals surface area contributed by atoms with E-state index in [-0.39, 0.29) is 24.3 Å². The van der Waals surface area contributed by atoms with Gasteiger partial charge in [-0.2, -0.15) is 0 Å². The maximum absolute atomic E-state index is 11.7. The zero-order valence-corrected chi connectivity index (χ0v) is 10.5. The summed E-state index contributed by atoms with van der Waals surface area (Å²) in [6.07, 6.45) is 2.77. The van der Waals surface area contributed by atoms with Crippen LogP contribution in [0.15, 0.2) is 24.3 Å². The van der Waals surface area contributed by atoms with Gasteiger partial charge in [-0.15, -0.1) is 0 Å². The van der Waals surface area contributed by atoms with Crippen molar-refractivity contribution in [3.8, 4) is 0 Å². The van der Waals surface area contributed by atoms with Gasteiger partial charge < -0.3 is 10.6 Å². The van der Waals surface area contributed by atoms with E-state index in [1.54, 1.807) is 0 Å². The minimum atomic E-state index is -0.176. The van der Waals surface area contributed by atoms with Crippen molar-refractivity contribution < 1.29 is 9.59 Å². The molecule has 2 rings (SSSR count). The summed E-state index contributed by atoms with van der Waals surface area (Å²) in [5.74, 6) is -0.0421. The highest BCUT2D eigenvalue weighted by Crippen LogP contribution is 2.28. The fraction of sp³-hybridized carbons (Fsp3) is 0.429. The third-order valence-corrected chi connectivity index (χ3v) is 3.04. The second-order valence-corrected chi connectivity index (χ2v) is 4.55. The van der Waals surface area contributed by atoms with Gasteiger partial charge in [-0.1, -0.05) is 25.1 Å². The van der Waals surface area contributed by atoms with Crippen LogP contribution in [0.3, 0.4) is 0 Å². The van der Waals surface area contributed by atoms with Crippen molar-refractivity contribution >= 4 is 17.5 Å². The van der Waals surface area contributed by atoms with Crippen molar-refractivity contribution in [2.75, 3.05) is 11.9 Å². The molecule has 1 aliphatic rings. The third-order valence-electron chi connectivity index (χ3n) is 3.04. The van der Waals surface area contributed by atoms with Crippen molar-refractivity contribution in [2.24, 2.45) is 5.92 Å². The lowest BCUT2D eigenvalue weighted by Gasteiger charge is -2.10. The van der Waals surface area contributed by atoms with Crippen LogP contribution in [0.1, 0.15) is 25.3 Å². The Balaban J connectivity index is 1.84. The summed E-state index contributed by atoms with van der Waals surface area (Å²) in [5, 5.41) is 5.47. The fourth-order valence-corrected chi connectivity index (χ4v) is 1.80. The van der Waals surface area contributed by atoms with Gasteiger partial charge in [-0.3, -0.25) is 9.59 Å². The van der Waals surface area contributed by atoms with Crippen LogP contribution >= 0.6 is 0 Å². The number of benzene rings is 1. The highest BCUT2D eigenvalue weighted by Gasteiger charge is 2.29. The average Bonchev–Trinajstić information content (AvgIpc) is 3.21. The molecule has 1 aliphatic carbocycles. The molecule has 1 saturated carbocycles. The first-order valence-corrected chi connectivity index (χ1v) is 6.36. The van der Waals surface area contributed by atoms with Gasteiger partial charge in [0.25, 0.3) is 0 Å². The molecule has 1 fully saturated rings. The molecule has 0 heterocycles. The van der Waals surface area contributed by atoms with Crippen LogP contribution in [0.25, 0.3) is 0 Å². The number of hydrogen-bond donors (Lipinski definition) is 2. The van der Waals surface area contributed by atoms with E-state index in [1.165, 1.54) is 0 Å². The first kappa shape index (κ1) is 12.6. The number of aryl methyl sites for hydroxylation is 1. The van der Waals surface area contributed by atoms with Gasteiger partial charge in [0.1, 0.15) is 0 Å². The van der Waals surface area contributed by atoms with E-state index in [0.29, 0.717) is 0 Å². The first-order valence-electron chi connectivity index (χ1n) is 6.36. The molecular formula is C14H18N2O2. The molecule has 1 aromatic rings. The minimum absolute atomic E-state index is 0.00562. The van der Waals surface area contributed by atoms with E-state index in [0.717, 1.165) is 30.5 Å². The minimum Gasteiger partial charge on any atom is -0.347 e. The Labute approximate surface area is 107 Å². The zero-order valence-electron chi connectivity index (χ0n) is 10.5. The standard InChI is InChI=1S/C14H18N2O2/c1-2-10-5-3-4-6-12(10)16-13(17)9-15-14(18)11-7-8-11/h3-6,11H,2,7-9H2,1H3,(H,15,18)(H,16,17). The summed E-state index contributed by atoms with van der Waals surface area (Å²) in [7, 11) is 0. The predicted octanol–water partition coefficient (Wildman–Crippen LogP) is 1.71. The van der Waals surface area contributed by atoms with Gasteiger partial charge in [-0.25, -0.2) is 0 Å². The maximum atomic E-state index is 11.7. The highest BCUT2D eigenvalue weighted by atomic mass is 16.2. The molecule has 0 unspecified atom stereocenters. The molecule has 2 N–H and O–H groups in total.